The van der Waals surface area contributed by atoms with Gasteiger partial charge in [-0.3, -0.25) is 0 Å². The molecule has 0 radical (unpaired) electrons. The van der Waals surface area contributed by atoms with Crippen molar-refractivity contribution in [3.8, 4) is 0 Å². The first-order valence-corrected chi connectivity index (χ1v) is 5.60. The highest BCUT2D eigenvalue weighted by Crippen LogP contribution is 2.25. The number of nitrogens with one attached hydrogen (secondary N) is 1. The molecule has 0 amide bonds. The van der Waals surface area contributed by atoms with Crippen molar-refractivity contribution in [2.45, 2.75) is 38.6 Å². The molecular weight excluding hydrogens is 188 g/mol. The normalized spacial score (nSPS) is 26.2. The lowest BCUT2D eigenvalue weighted by molar-refractivity contribution is 0.358. The Kier molecular flexibility index (Phi) is 3.04. The number of nitrogen functional groups attached to an aromatic ring is 1. The Morgan fingerprint density at radius 1 is 1.33 bits per heavy atom. The first kappa shape index (κ1) is 10.2. The summed E-state index contributed by atoms with van der Waals surface area (Å²) in [4.78, 5) is 0. The highest BCUT2D eigenvalue weighted by atomic mass is 15.2. The molecule has 1 saturated carbocycles. The van der Waals surface area contributed by atoms with Gasteiger partial charge in [-0.25, -0.2) is 0 Å². The van der Waals surface area contributed by atoms with Gasteiger partial charge in [0.15, 0.2) is 0 Å². The summed E-state index contributed by atoms with van der Waals surface area (Å²) in [6.45, 7) is 2.31. The summed E-state index contributed by atoms with van der Waals surface area (Å²) >= 11 is 0. The van der Waals surface area contributed by atoms with Crippen LogP contribution in [0.3, 0.4) is 0 Å². The Hall–Kier alpha value is -1.32. The van der Waals surface area contributed by atoms with Crippen molar-refractivity contribution in [2.75, 3.05) is 11.1 Å². The predicted octanol–water partition coefficient (Wildman–Crippen LogP) is 2.05. The second-order valence-corrected chi connectivity index (χ2v) is 4.46. The number of nitrogens with two attached hydrogens (primary N) is 1. The summed E-state index contributed by atoms with van der Waals surface area (Å²) in [5.41, 5.74) is 5.48. The fraction of sp³-hybridized carbons (Fsp3) is 0.636. The molecule has 1 aromatic rings. The Bertz CT molecular complexity index is 309. The number of rotatable bonds is 2. The first-order valence-electron chi connectivity index (χ1n) is 5.60. The van der Waals surface area contributed by atoms with Gasteiger partial charge in [-0.15, -0.1) is 10.2 Å². The molecule has 0 bridgehead atoms. The van der Waals surface area contributed by atoms with E-state index in [0.717, 1.165) is 11.7 Å². The molecular formula is C11H18N4. The Morgan fingerprint density at radius 3 is 2.87 bits per heavy atom. The Morgan fingerprint density at radius 2 is 2.20 bits per heavy atom. The zero-order valence-electron chi connectivity index (χ0n) is 9.11. The number of hydrogen-bond donors (Lipinski definition) is 2. The van der Waals surface area contributed by atoms with E-state index in [-0.39, 0.29) is 0 Å². The largest absolute Gasteiger partial charge is 0.382 e. The van der Waals surface area contributed by atoms with E-state index >= 15 is 0 Å². The van der Waals surface area contributed by atoms with Gasteiger partial charge >= 0.3 is 0 Å². The number of anilines is 2. The van der Waals surface area contributed by atoms with Crippen LogP contribution in [0.2, 0.25) is 0 Å². The average Bonchev–Trinajstić information content (AvgIpc) is 2.22. The van der Waals surface area contributed by atoms with Crippen LogP contribution in [-0.2, 0) is 0 Å². The van der Waals surface area contributed by atoms with E-state index < -0.39 is 0 Å². The van der Waals surface area contributed by atoms with Crippen LogP contribution in [0.4, 0.5) is 11.6 Å². The molecule has 1 aliphatic rings. The lowest BCUT2D eigenvalue weighted by atomic mass is 9.87. The summed E-state index contributed by atoms with van der Waals surface area (Å²) in [5, 5.41) is 11.2. The van der Waals surface area contributed by atoms with E-state index in [1.54, 1.807) is 6.07 Å². The number of aromatic nitrogens is 2. The summed E-state index contributed by atoms with van der Waals surface area (Å²) < 4.78 is 0. The maximum atomic E-state index is 5.48. The molecule has 2 rings (SSSR count). The molecule has 4 heteroatoms. The van der Waals surface area contributed by atoms with Crippen molar-refractivity contribution in [1.29, 1.82) is 0 Å². The molecule has 15 heavy (non-hydrogen) atoms. The summed E-state index contributed by atoms with van der Waals surface area (Å²) in [7, 11) is 0. The molecule has 1 aromatic heterocycles. The van der Waals surface area contributed by atoms with Crippen LogP contribution in [0.5, 0.6) is 0 Å². The molecule has 1 aliphatic carbocycles. The van der Waals surface area contributed by atoms with E-state index in [2.05, 4.69) is 22.4 Å². The van der Waals surface area contributed by atoms with Crippen molar-refractivity contribution in [1.82, 2.24) is 10.2 Å². The molecule has 0 saturated heterocycles. The fourth-order valence-corrected chi connectivity index (χ4v) is 2.19. The van der Waals surface area contributed by atoms with Gasteiger partial charge in [0.1, 0.15) is 11.6 Å². The molecule has 1 heterocycles. The summed E-state index contributed by atoms with van der Waals surface area (Å²) in [6, 6.07) is 4.22. The van der Waals surface area contributed by atoms with Gasteiger partial charge in [0, 0.05) is 6.04 Å². The summed E-state index contributed by atoms with van der Waals surface area (Å²) in [6.07, 6.45) is 5.12. The van der Waals surface area contributed by atoms with Gasteiger partial charge in [-0.1, -0.05) is 19.8 Å². The maximum Gasteiger partial charge on any atom is 0.149 e. The van der Waals surface area contributed by atoms with Gasteiger partial charge < -0.3 is 11.1 Å². The van der Waals surface area contributed by atoms with Crippen LogP contribution in [0.25, 0.3) is 0 Å². The highest BCUT2D eigenvalue weighted by molar-refractivity contribution is 5.39. The quantitative estimate of drug-likeness (QED) is 0.777. The van der Waals surface area contributed by atoms with Gasteiger partial charge in [-0.05, 0) is 30.9 Å². The maximum absolute atomic E-state index is 5.48. The predicted molar refractivity (Wildman–Crippen MR) is 61.5 cm³/mol. The van der Waals surface area contributed by atoms with Crippen molar-refractivity contribution >= 4 is 11.6 Å². The minimum absolute atomic E-state index is 0.470. The van der Waals surface area contributed by atoms with Gasteiger partial charge in [0.2, 0.25) is 0 Å². The second kappa shape index (κ2) is 4.47. The number of nitrogens with zero attached hydrogens (tertiary/aromatic N) is 2. The van der Waals surface area contributed by atoms with Crippen LogP contribution < -0.4 is 11.1 Å². The first-order chi connectivity index (χ1) is 7.24. The lowest BCUT2D eigenvalue weighted by Gasteiger charge is -2.27. The Labute approximate surface area is 90.3 Å². The van der Waals surface area contributed by atoms with Crippen molar-refractivity contribution in [3.63, 3.8) is 0 Å². The molecule has 82 valence electrons. The van der Waals surface area contributed by atoms with Crippen molar-refractivity contribution in [3.05, 3.63) is 12.1 Å². The molecule has 1 fully saturated rings. The van der Waals surface area contributed by atoms with E-state index in [0.29, 0.717) is 11.9 Å². The zero-order valence-corrected chi connectivity index (χ0v) is 9.11. The molecule has 0 spiro atoms. The van der Waals surface area contributed by atoms with Crippen LogP contribution in [0, 0.1) is 5.92 Å². The fourth-order valence-electron chi connectivity index (χ4n) is 2.19. The van der Waals surface area contributed by atoms with E-state index in [1.165, 1.54) is 25.7 Å². The van der Waals surface area contributed by atoms with Crippen molar-refractivity contribution in [2.24, 2.45) is 5.92 Å². The second-order valence-electron chi connectivity index (χ2n) is 4.46. The van der Waals surface area contributed by atoms with Crippen LogP contribution >= 0.6 is 0 Å². The average molecular weight is 206 g/mol. The Balaban J connectivity index is 1.93. The molecule has 2 atom stereocenters. The SMILES string of the molecule is CC1CCCC(Nc2ccc(N)nn2)C1. The third-order valence-electron chi connectivity index (χ3n) is 2.97. The van der Waals surface area contributed by atoms with Crippen LogP contribution in [0.15, 0.2) is 12.1 Å². The third-order valence-corrected chi connectivity index (χ3v) is 2.97. The zero-order chi connectivity index (χ0) is 10.7. The molecule has 0 aliphatic heterocycles. The minimum atomic E-state index is 0.470. The number of hydrogen-bond acceptors (Lipinski definition) is 4. The minimum Gasteiger partial charge on any atom is -0.382 e. The van der Waals surface area contributed by atoms with Crippen molar-refractivity contribution < 1.29 is 0 Å². The molecule has 4 nitrogen and oxygen atoms in total. The molecule has 3 N–H and O–H groups in total. The van der Waals surface area contributed by atoms with Gasteiger partial charge in [0.05, 0.1) is 0 Å². The molecule has 2 unspecified atom stereocenters. The van der Waals surface area contributed by atoms with E-state index in [4.69, 9.17) is 5.73 Å². The monoisotopic (exact) mass is 206 g/mol. The smallest absolute Gasteiger partial charge is 0.149 e. The highest BCUT2D eigenvalue weighted by Gasteiger charge is 2.18. The lowest BCUT2D eigenvalue weighted by Crippen LogP contribution is -2.26. The van der Waals surface area contributed by atoms with Gasteiger partial charge in [0.25, 0.3) is 0 Å². The van der Waals surface area contributed by atoms with Gasteiger partial charge in [-0.2, -0.15) is 0 Å². The molecule has 0 aromatic carbocycles. The van der Waals surface area contributed by atoms with Crippen LogP contribution in [0.1, 0.15) is 32.6 Å². The van der Waals surface area contributed by atoms with Crippen LogP contribution in [-0.4, -0.2) is 16.2 Å². The van der Waals surface area contributed by atoms with E-state index in [9.17, 15) is 0 Å². The topological polar surface area (TPSA) is 63.8 Å². The van der Waals surface area contributed by atoms with E-state index in [1.807, 2.05) is 6.07 Å². The summed E-state index contributed by atoms with van der Waals surface area (Å²) in [5.74, 6) is 2.12. The standard InChI is InChI=1S/C11H18N4/c1-8-3-2-4-9(7-8)13-11-6-5-10(12)14-15-11/h5-6,8-9H,2-4,7H2,1H3,(H2,12,14)(H,13,15). The third kappa shape index (κ3) is 2.81.